The van der Waals surface area contributed by atoms with Crippen LogP contribution < -0.4 is 4.74 Å². The minimum atomic E-state index is -0.209. The highest BCUT2D eigenvalue weighted by Crippen LogP contribution is 2.21. The quantitative estimate of drug-likeness (QED) is 0.746. The highest BCUT2D eigenvalue weighted by Gasteiger charge is 2.15. The Labute approximate surface area is 82.9 Å². The monoisotopic (exact) mass is 210 g/mol. The second-order valence-electron chi connectivity index (χ2n) is 2.38. The van der Waals surface area contributed by atoms with Gasteiger partial charge in [0.15, 0.2) is 5.69 Å². The molecule has 0 saturated heterocycles. The van der Waals surface area contributed by atoms with Crippen LogP contribution in [0.4, 0.5) is 0 Å². The Morgan fingerprint density at radius 2 is 2.43 bits per heavy atom. The molecule has 0 atom stereocenters. The van der Waals surface area contributed by atoms with Gasteiger partial charge in [-0.1, -0.05) is 11.3 Å². The lowest BCUT2D eigenvalue weighted by Gasteiger charge is -1.88. The second kappa shape index (κ2) is 3.54. The number of H-pyrrole nitrogens is 1. The van der Waals surface area contributed by atoms with Crippen molar-refractivity contribution in [2.24, 2.45) is 0 Å². The highest BCUT2D eigenvalue weighted by molar-refractivity contribution is 7.15. The van der Waals surface area contributed by atoms with Gasteiger partial charge in [0.05, 0.1) is 19.5 Å². The van der Waals surface area contributed by atoms with Crippen LogP contribution in [0.3, 0.4) is 0 Å². The predicted molar refractivity (Wildman–Crippen MR) is 48.5 cm³/mol. The van der Waals surface area contributed by atoms with Crippen LogP contribution in [-0.2, 0) is 0 Å². The number of hydrogen-bond acceptors (Lipinski definition) is 6. The summed E-state index contributed by atoms with van der Waals surface area (Å²) in [4.78, 5) is 16.0. The number of methoxy groups -OCH3 is 1. The Morgan fingerprint density at radius 1 is 1.57 bits per heavy atom. The smallest absolute Gasteiger partial charge is 0.273 e. The van der Waals surface area contributed by atoms with E-state index in [0.717, 1.165) is 0 Å². The molecule has 0 amide bonds. The summed E-state index contributed by atoms with van der Waals surface area (Å²) in [5.41, 5.74) is 0.274. The number of nitrogens with one attached hydrogen (secondary N) is 1. The summed E-state index contributed by atoms with van der Waals surface area (Å²) in [5.74, 6) is -0.209. The summed E-state index contributed by atoms with van der Waals surface area (Å²) in [6.45, 7) is 0. The molecular weight excluding hydrogens is 204 g/mol. The number of ketones is 1. The van der Waals surface area contributed by atoms with E-state index in [9.17, 15) is 4.79 Å². The lowest BCUT2D eigenvalue weighted by molar-refractivity contribution is 0.103. The second-order valence-corrected chi connectivity index (χ2v) is 3.37. The molecule has 1 N–H and O–H groups in total. The van der Waals surface area contributed by atoms with Gasteiger partial charge in [0.1, 0.15) is 4.88 Å². The summed E-state index contributed by atoms with van der Waals surface area (Å²) in [6, 6.07) is 0. The van der Waals surface area contributed by atoms with Crippen molar-refractivity contribution in [3.05, 3.63) is 23.0 Å². The average Bonchev–Trinajstić information content (AvgIpc) is 2.88. The molecule has 0 aromatic carbocycles. The maximum Gasteiger partial charge on any atom is 0.273 e. The summed E-state index contributed by atoms with van der Waals surface area (Å²) >= 11 is 1.17. The first-order valence-electron chi connectivity index (χ1n) is 3.71. The number of ether oxygens (including phenoxy) is 1. The number of thiazole rings is 1. The predicted octanol–water partition coefficient (Wildman–Crippen LogP) is 0.501. The fourth-order valence-electron chi connectivity index (χ4n) is 0.895. The van der Waals surface area contributed by atoms with Gasteiger partial charge >= 0.3 is 0 Å². The Morgan fingerprint density at radius 3 is 3.00 bits per heavy atom. The molecule has 0 spiro atoms. The van der Waals surface area contributed by atoms with E-state index in [4.69, 9.17) is 4.74 Å². The molecule has 2 aromatic heterocycles. The van der Waals surface area contributed by atoms with Crippen LogP contribution in [0.2, 0.25) is 0 Å². The third-order valence-electron chi connectivity index (χ3n) is 1.53. The summed E-state index contributed by atoms with van der Waals surface area (Å²) in [6.07, 6.45) is 2.83. The van der Waals surface area contributed by atoms with Gasteiger partial charge in [0.25, 0.3) is 5.19 Å². The molecule has 2 heterocycles. The van der Waals surface area contributed by atoms with Crippen LogP contribution in [0, 0.1) is 0 Å². The molecule has 14 heavy (non-hydrogen) atoms. The van der Waals surface area contributed by atoms with Gasteiger partial charge in [-0.15, -0.1) is 0 Å². The number of carbonyl (C=O) groups excluding carboxylic acids is 1. The molecule has 2 aromatic rings. The average molecular weight is 210 g/mol. The number of aromatic amines is 1. The summed E-state index contributed by atoms with van der Waals surface area (Å²) in [5, 5.41) is 10.1. The molecule has 0 bridgehead atoms. The van der Waals surface area contributed by atoms with Crippen LogP contribution in [0.5, 0.6) is 5.19 Å². The molecule has 0 radical (unpaired) electrons. The molecular formula is C7H6N4O2S. The van der Waals surface area contributed by atoms with E-state index in [1.165, 1.54) is 30.8 Å². The fourth-order valence-corrected chi connectivity index (χ4v) is 1.57. The van der Waals surface area contributed by atoms with E-state index in [1.54, 1.807) is 0 Å². The van der Waals surface area contributed by atoms with E-state index >= 15 is 0 Å². The first-order valence-corrected chi connectivity index (χ1v) is 4.53. The van der Waals surface area contributed by atoms with Crippen LogP contribution in [0.15, 0.2) is 12.4 Å². The van der Waals surface area contributed by atoms with Crippen molar-refractivity contribution in [2.75, 3.05) is 7.11 Å². The lowest BCUT2D eigenvalue weighted by Crippen LogP contribution is -1.98. The zero-order valence-electron chi connectivity index (χ0n) is 7.22. The molecule has 0 fully saturated rings. The molecule has 0 saturated carbocycles. The molecule has 72 valence electrons. The SMILES string of the molecule is COc1ncc(C(=O)c2cn[nH]n2)s1. The third-order valence-corrected chi connectivity index (χ3v) is 2.49. The zero-order valence-corrected chi connectivity index (χ0v) is 8.04. The summed E-state index contributed by atoms with van der Waals surface area (Å²) in [7, 11) is 1.50. The molecule has 6 nitrogen and oxygen atoms in total. The first kappa shape index (κ1) is 8.82. The van der Waals surface area contributed by atoms with Crippen LogP contribution >= 0.6 is 11.3 Å². The zero-order chi connectivity index (χ0) is 9.97. The molecule has 0 aliphatic carbocycles. The van der Waals surface area contributed by atoms with E-state index < -0.39 is 0 Å². The maximum absolute atomic E-state index is 11.6. The highest BCUT2D eigenvalue weighted by atomic mass is 32.1. The topological polar surface area (TPSA) is 80.8 Å². The van der Waals surface area contributed by atoms with Gasteiger partial charge in [0.2, 0.25) is 5.78 Å². The van der Waals surface area contributed by atoms with Crippen LogP contribution in [-0.4, -0.2) is 33.3 Å². The van der Waals surface area contributed by atoms with E-state index in [1.807, 2.05) is 0 Å². The summed E-state index contributed by atoms with van der Waals surface area (Å²) < 4.78 is 4.87. The van der Waals surface area contributed by atoms with Crippen LogP contribution in [0.25, 0.3) is 0 Å². The minimum absolute atomic E-state index is 0.209. The van der Waals surface area contributed by atoms with Gasteiger partial charge in [-0.2, -0.15) is 15.4 Å². The van der Waals surface area contributed by atoms with Gasteiger partial charge in [-0.05, 0) is 0 Å². The Kier molecular flexibility index (Phi) is 2.23. The third kappa shape index (κ3) is 1.49. The number of nitrogens with zero attached hydrogens (tertiary/aromatic N) is 3. The number of rotatable bonds is 3. The van der Waals surface area contributed by atoms with Crippen molar-refractivity contribution in [3.8, 4) is 5.19 Å². The van der Waals surface area contributed by atoms with E-state index in [2.05, 4.69) is 20.4 Å². The van der Waals surface area contributed by atoms with Crippen molar-refractivity contribution in [3.63, 3.8) is 0 Å². The Bertz CT molecular complexity index is 436. The van der Waals surface area contributed by atoms with Crippen molar-refractivity contribution in [1.29, 1.82) is 0 Å². The number of aromatic nitrogens is 4. The Hall–Kier alpha value is -1.76. The van der Waals surface area contributed by atoms with Crippen molar-refractivity contribution in [1.82, 2.24) is 20.4 Å². The molecule has 0 aliphatic heterocycles. The largest absolute Gasteiger partial charge is 0.473 e. The molecule has 7 heteroatoms. The fraction of sp³-hybridized carbons (Fsp3) is 0.143. The van der Waals surface area contributed by atoms with Gasteiger partial charge in [0, 0.05) is 0 Å². The lowest BCUT2D eigenvalue weighted by atomic mass is 10.3. The van der Waals surface area contributed by atoms with Gasteiger partial charge in [-0.25, -0.2) is 4.98 Å². The molecule has 0 unspecified atom stereocenters. The number of carbonyl (C=O) groups is 1. The first-order chi connectivity index (χ1) is 6.81. The van der Waals surface area contributed by atoms with Crippen molar-refractivity contribution < 1.29 is 9.53 Å². The van der Waals surface area contributed by atoms with Gasteiger partial charge < -0.3 is 4.74 Å². The number of hydrogen-bond donors (Lipinski definition) is 1. The van der Waals surface area contributed by atoms with E-state index in [0.29, 0.717) is 10.1 Å². The van der Waals surface area contributed by atoms with Crippen molar-refractivity contribution >= 4 is 17.1 Å². The maximum atomic E-state index is 11.6. The van der Waals surface area contributed by atoms with Crippen molar-refractivity contribution in [2.45, 2.75) is 0 Å². The standard InChI is InChI=1S/C7H6N4O2S/c1-13-7-8-3-5(14-7)6(12)4-2-9-11-10-4/h2-3H,1H3,(H,9,10,11). The molecule has 2 rings (SSSR count). The van der Waals surface area contributed by atoms with Crippen LogP contribution in [0.1, 0.15) is 15.4 Å². The van der Waals surface area contributed by atoms with Gasteiger partial charge in [-0.3, -0.25) is 4.79 Å². The molecule has 0 aliphatic rings. The van der Waals surface area contributed by atoms with E-state index in [-0.39, 0.29) is 11.5 Å². The Balaban J connectivity index is 2.28. The normalized spacial score (nSPS) is 10.1. The minimum Gasteiger partial charge on any atom is -0.473 e.